The molecule has 1 aliphatic rings. The van der Waals surface area contributed by atoms with Gasteiger partial charge in [0.15, 0.2) is 9.84 Å². The maximum Gasteiger partial charge on any atom is 0.152 e. The number of aliphatic hydroxyl groups is 1. The Kier molecular flexibility index (Phi) is 3.25. The fraction of sp³-hybridized carbons (Fsp3) is 0.538. The highest BCUT2D eigenvalue weighted by atomic mass is 32.2. The van der Waals surface area contributed by atoms with E-state index in [1.165, 1.54) is 11.8 Å². The number of sulfone groups is 1. The van der Waals surface area contributed by atoms with Crippen LogP contribution in [0.4, 0.5) is 0 Å². The summed E-state index contributed by atoms with van der Waals surface area (Å²) < 4.78 is 23.4. The molecule has 3 N–H and O–H groups in total. The van der Waals surface area contributed by atoms with Gasteiger partial charge in [0.1, 0.15) is 0 Å². The molecule has 1 aliphatic carbocycles. The summed E-state index contributed by atoms with van der Waals surface area (Å²) in [6.07, 6.45) is 2.11. The van der Waals surface area contributed by atoms with E-state index in [2.05, 4.69) is 6.92 Å². The first-order valence-electron chi connectivity index (χ1n) is 6.02. The van der Waals surface area contributed by atoms with E-state index in [1.54, 1.807) is 0 Å². The van der Waals surface area contributed by atoms with Crippen molar-refractivity contribution in [1.82, 2.24) is 0 Å². The van der Waals surface area contributed by atoms with Gasteiger partial charge in [-0.25, -0.2) is 8.42 Å². The first-order valence-corrected chi connectivity index (χ1v) is 7.97. The van der Waals surface area contributed by atoms with Gasteiger partial charge in [-0.05, 0) is 17.5 Å². The molecule has 1 saturated carbocycles. The fourth-order valence-electron chi connectivity index (χ4n) is 2.70. The monoisotopic (exact) mass is 269 g/mol. The van der Waals surface area contributed by atoms with Gasteiger partial charge in [0.05, 0.1) is 17.4 Å². The van der Waals surface area contributed by atoms with Crippen molar-refractivity contribution in [2.24, 2.45) is 5.73 Å². The third kappa shape index (κ3) is 2.06. The zero-order valence-corrected chi connectivity index (χ0v) is 11.4. The Balaban J connectivity index is 2.33. The Morgan fingerprint density at radius 2 is 1.89 bits per heavy atom. The van der Waals surface area contributed by atoms with E-state index in [-0.39, 0.29) is 12.5 Å². The average molecular weight is 269 g/mol. The minimum Gasteiger partial charge on any atom is -0.394 e. The van der Waals surface area contributed by atoms with E-state index in [1.807, 2.05) is 24.3 Å². The van der Waals surface area contributed by atoms with Gasteiger partial charge in [0.2, 0.25) is 0 Å². The van der Waals surface area contributed by atoms with E-state index in [0.717, 1.165) is 12.0 Å². The summed E-state index contributed by atoms with van der Waals surface area (Å²) >= 11 is 0. The van der Waals surface area contributed by atoms with Crippen LogP contribution in [0.5, 0.6) is 0 Å². The van der Waals surface area contributed by atoms with Crippen molar-refractivity contribution >= 4 is 9.84 Å². The SMILES string of the molecule is CCc1ccc([C@H]2[C@H](S(C)(=O)=O)[C@@]2(N)CO)cc1. The van der Waals surface area contributed by atoms with Gasteiger partial charge in [0, 0.05) is 12.2 Å². The van der Waals surface area contributed by atoms with Crippen molar-refractivity contribution < 1.29 is 13.5 Å². The summed E-state index contributed by atoms with van der Waals surface area (Å²) in [5.41, 5.74) is 7.05. The maximum absolute atomic E-state index is 11.7. The Morgan fingerprint density at radius 1 is 1.33 bits per heavy atom. The van der Waals surface area contributed by atoms with Crippen LogP contribution in [-0.4, -0.2) is 37.2 Å². The summed E-state index contributed by atoms with van der Waals surface area (Å²) in [5.74, 6) is -0.302. The van der Waals surface area contributed by atoms with E-state index in [0.29, 0.717) is 0 Å². The topological polar surface area (TPSA) is 80.4 Å². The lowest BCUT2D eigenvalue weighted by molar-refractivity contribution is 0.253. The zero-order chi connectivity index (χ0) is 13.6. The number of nitrogens with two attached hydrogens (primary N) is 1. The van der Waals surface area contributed by atoms with Gasteiger partial charge in [-0.3, -0.25) is 0 Å². The number of rotatable bonds is 4. The molecule has 1 aromatic carbocycles. The summed E-state index contributed by atoms with van der Waals surface area (Å²) in [5, 5.41) is 8.66. The second kappa shape index (κ2) is 4.33. The highest BCUT2D eigenvalue weighted by Crippen LogP contribution is 2.53. The molecular weight excluding hydrogens is 250 g/mol. The van der Waals surface area contributed by atoms with Gasteiger partial charge in [0.25, 0.3) is 0 Å². The van der Waals surface area contributed by atoms with Gasteiger partial charge in [-0.1, -0.05) is 31.2 Å². The van der Waals surface area contributed by atoms with Crippen LogP contribution >= 0.6 is 0 Å². The van der Waals surface area contributed by atoms with Crippen molar-refractivity contribution in [3.8, 4) is 0 Å². The van der Waals surface area contributed by atoms with Crippen molar-refractivity contribution in [2.75, 3.05) is 12.9 Å². The molecule has 100 valence electrons. The van der Waals surface area contributed by atoms with Crippen molar-refractivity contribution in [3.05, 3.63) is 35.4 Å². The molecule has 3 atom stereocenters. The third-order valence-corrected chi connectivity index (χ3v) is 5.42. The molecule has 0 aromatic heterocycles. The predicted octanol–water partition coefficient (Wildman–Crippen LogP) is 0.449. The minimum atomic E-state index is -3.25. The highest BCUT2D eigenvalue weighted by Gasteiger charge is 2.67. The van der Waals surface area contributed by atoms with Gasteiger partial charge < -0.3 is 10.8 Å². The number of aryl methyl sites for hydroxylation is 1. The molecule has 0 aliphatic heterocycles. The lowest BCUT2D eigenvalue weighted by Crippen LogP contribution is -2.34. The largest absolute Gasteiger partial charge is 0.394 e. The van der Waals surface area contributed by atoms with Crippen LogP contribution in [0.2, 0.25) is 0 Å². The fourth-order valence-corrected chi connectivity index (χ4v) is 4.55. The van der Waals surface area contributed by atoms with Gasteiger partial charge >= 0.3 is 0 Å². The first-order chi connectivity index (χ1) is 8.34. The Bertz CT molecular complexity index is 538. The molecule has 0 unspecified atom stereocenters. The van der Waals surface area contributed by atoms with E-state index < -0.39 is 20.6 Å². The number of hydrogen-bond donors (Lipinski definition) is 2. The summed E-state index contributed by atoms with van der Waals surface area (Å²) in [7, 11) is -3.25. The highest BCUT2D eigenvalue weighted by molar-refractivity contribution is 7.91. The molecular formula is C13H19NO3S. The van der Waals surface area contributed by atoms with Crippen LogP contribution < -0.4 is 5.73 Å². The van der Waals surface area contributed by atoms with Crippen LogP contribution in [0.25, 0.3) is 0 Å². The zero-order valence-electron chi connectivity index (χ0n) is 10.6. The number of aliphatic hydroxyl groups excluding tert-OH is 1. The van der Waals surface area contributed by atoms with Gasteiger partial charge in [-0.15, -0.1) is 0 Å². The average Bonchev–Trinajstić information content (AvgIpc) is 2.97. The summed E-state index contributed by atoms with van der Waals surface area (Å²) in [6.45, 7) is 1.75. The molecule has 0 saturated heterocycles. The Labute approximate surface area is 108 Å². The summed E-state index contributed by atoms with van der Waals surface area (Å²) in [4.78, 5) is 0. The van der Waals surface area contributed by atoms with Crippen LogP contribution in [0.15, 0.2) is 24.3 Å². The molecule has 18 heavy (non-hydrogen) atoms. The van der Waals surface area contributed by atoms with Crippen LogP contribution in [0.1, 0.15) is 24.0 Å². The molecule has 1 fully saturated rings. The normalized spacial score (nSPS) is 31.3. The second-order valence-corrected chi connectivity index (χ2v) is 7.26. The first kappa shape index (κ1) is 13.5. The van der Waals surface area contributed by atoms with Crippen LogP contribution in [0.3, 0.4) is 0 Å². The number of benzene rings is 1. The minimum absolute atomic E-state index is 0.302. The quantitative estimate of drug-likeness (QED) is 0.831. The smallest absolute Gasteiger partial charge is 0.152 e. The molecule has 4 nitrogen and oxygen atoms in total. The molecule has 0 spiro atoms. The van der Waals surface area contributed by atoms with Crippen molar-refractivity contribution in [2.45, 2.75) is 30.1 Å². The third-order valence-electron chi connectivity index (χ3n) is 3.78. The van der Waals surface area contributed by atoms with E-state index >= 15 is 0 Å². The molecule has 0 bridgehead atoms. The molecule has 2 rings (SSSR count). The molecule has 5 heteroatoms. The maximum atomic E-state index is 11.7. The number of hydrogen-bond acceptors (Lipinski definition) is 4. The van der Waals surface area contributed by atoms with E-state index in [9.17, 15) is 13.5 Å². The van der Waals surface area contributed by atoms with E-state index in [4.69, 9.17) is 5.73 Å². The van der Waals surface area contributed by atoms with Crippen molar-refractivity contribution in [1.29, 1.82) is 0 Å². The summed E-state index contributed by atoms with van der Waals surface area (Å²) in [6, 6.07) is 7.77. The Hall–Kier alpha value is -0.910. The molecule has 0 radical (unpaired) electrons. The molecule has 1 aromatic rings. The predicted molar refractivity (Wildman–Crippen MR) is 71.2 cm³/mol. The second-order valence-electron chi connectivity index (χ2n) is 5.09. The van der Waals surface area contributed by atoms with Crippen molar-refractivity contribution in [3.63, 3.8) is 0 Å². The molecule has 0 heterocycles. The standard InChI is InChI=1S/C13H19NO3S/c1-3-9-4-6-10(7-5-9)11-12(18(2,16)17)13(11,14)8-15/h4-7,11-12,15H,3,8,14H2,1-2H3/t11-,12-,13+/m0/s1. The lowest BCUT2D eigenvalue weighted by atomic mass is 10.0. The lowest BCUT2D eigenvalue weighted by Gasteiger charge is -2.07. The molecule has 0 amide bonds. The Morgan fingerprint density at radius 3 is 2.22 bits per heavy atom. The van der Waals surface area contributed by atoms with Gasteiger partial charge in [-0.2, -0.15) is 0 Å². The van der Waals surface area contributed by atoms with Crippen LogP contribution in [0, 0.1) is 0 Å². The van der Waals surface area contributed by atoms with Crippen LogP contribution in [-0.2, 0) is 16.3 Å².